The fourth-order valence-electron chi connectivity index (χ4n) is 4.68. The largest absolute Gasteiger partial charge is 0.444 e. The van der Waals surface area contributed by atoms with E-state index in [1.807, 2.05) is 0 Å². The van der Waals surface area contributed by atoms with Crippen molar-refractivity contribution in [1.29, 1.82) is 0 Å². The summed E-state index contributed by atoms with van der Waals surface area (Å²) in [6.45, 7) is 5.91. The summed E-state index contributed by atoms with van der Waals surface area (Å²) in [6, 6.07) is 3.31. The van der Waals surface area contributed by atoms with Gasteiger partial charge in [-0.2, -0.15) is 0 Å². The van der Waals surface area contributed by atoms with Gasteiger partial charge in [0.05, 0.1) is 5.41 Å². The zero-order chi connectivity index (χ0) is 22.6. The normalized spacial score (nSPS) is 23.1. The van der Waals surface area contributed by atoms with Crippen LogP contribution in [0.15, 0.2) is 18.2 Å². The van der Waals surface area contributed by atoms with E-state index in [1.165, 1.54) is 23.1 Å². The number of carbonyl (C=O) groups excluding carboxylic acids is 4. The van der Waals surface area contributed by atoms with Crippen molar-refractivity contribution in [3.05, 3.63) is 29.6 Å². The molecule has 0 radical (unpaired) electrons. The van der Waals surface area contributed by atoms with Gasteiger partial charge in [-0.3, -0.25) is 24.6 Å². The van der Waals surface area contributed by atoms with Gasteiger partial charge in [-0.1, -0.05) is 0 Å². The molecule has 166 valence electrons. The highest BCUT2D eigenvalue weighted by molar-refractivity contribution is 6.14. The molecule has 0 aromatic heterocycles. The maximum absolute atomic E-state index is 14.2. The zero-order valence-corrected chi connectivity index (χ0v) is 17.9. The van der Waals surface area contributed by atoms with E-state index >= 15 is 0 Å². The van der Waals surface area contributed by atoms with Gasteiger partial charge in [-0.15, -0.1) is 0 Å². The summed E-state index contributed by atoms with van der Waals surface area (Å²) in [5.74, 6) is -1.65. The van der Waals surface area contributed by atoms with E-state index in [-0.39, 0.29) is 37.7 Å². The topological polar surface area (TPSA) is 96.0 Å². The Balaban J connectivity index is 1.63. The van der Waals surface area contributed by atoms with Crippen molar-refractivity contribution in [1.82, 2.24) is 10.2 Å². The third kappa shape index (κ3) is 3.66. The molecular formula is C22H26FN3O5. The number of nitrogens with zero attached hydrogens (tertiary/aromatic N) is 2. The first kappa shape index (κ1) is 21.3. The summed E-state index contributed by atoms with van der Waals surface area (Å²) in [4.78, 5) is 53.2. The van der Waals surface area contributed by atoms with Gasteiger partial charge in [0.1, 0.15) is 17.5 Å². The summed E-state index contributed by atoms with van der Waals surface area (Å²) in [6.07, 6.45) is 0.495. The number of anilines is 1. The van der Waals surface area contributed by atoms with E-state index in [0.717, 1.165) is 0 Å². The van der Waals surface area contributed by atoms with Crippen LogP contribution in [0.2, 0.25) is 0 Å². The SMILES string of the molecule is CC(C)(C)OC(=O)N1CCC2(CC1)C(=O)N(C1CCC(=O)NC1=O)c1ccc(F)cc12. The second-order valence-electron chi connectivity index (χ2n) is 9.35. The quantitative estimate of drug-likeness (QED) is 0.688. The van der Waals surface area contributed by atoms with Crippen LogP contribution in [-0.4, -0.2) is 53.4 Å². The lowest BCUT2D eigenvalue weighted by Gasteiger charge is -2.39. The number of hydrogen-bond donors (Lipinski definition) is 1. The van der Waals surface area contributed by atoms with Crippen LogP contribution in [-0.2, 0) is 24.5 Å². The van der Waals surface area contributed by atoms with Crippen LogP contribution in [0, 0.1) is 5.82 Å². The van der Waals surface area contributed by atoms with Crippen LogP contribution in [0.25, 0.3) is 0 Å². The molecule has 4 rings (SSSR count). The molecule has 3 aliphatic heterocycles. The molecule has 3 heterocycles. The van der Waals surface area contributed by atoms with Gasteiger partial charge in [0.15, 0.2) is 0 Å². The highest BCUT2D eigenvalue weighted by Crippen LogP contribution is 2.49. The van der Waals surface area contributed by atoms with Crippen molar-refractivity contribution in [3.63, 3.8) is 0 Å². The monoisotopic (exact) mass is 431 g/mol. The Bertz CT molecular complexity index is 962. The second kappa shape index (κ2) is 7.32. The van der Waals surface area contributed by atoms with Crippen molar-refractivity contribution in [2.45, 2.75) is 63.5 Å². The molecule has 1 aromatic carbocycles. The first-order valence-electron chi connectivity index (χ1n) is 10.5. The van der Waals surface area contributed by atoms with Gasteiger partial charge >= 0.3 is 6.09 Å². The van der Waals surface area contributed by atoms with Crippen LogP contribution in [0.3, 0.4) is 0 Å². The van der Waals surface area contributed by atoms with Gasteiger partial charge < -0.3 is 9.64 Å². The van der Waals surface area contributed by atoms with Crippen molar-refractivity contribution in [2.75, 3.05) is 18.0 Å². The summed E-state index contributed by atoms with van der Waals surface area (Å²) >= 11 is 0. The number of ether oxygens (including phenoxy) is 1. The Morgan fingerprint density at radius 2 is 1.87 bits per heavy atom. The van der Waals surface area contributed by atoms with Crippen LogP contribution in [0.5, 0.6) is 0 Å². The van der Waals surface area contributed by atoms with Gasteiger partial charge in [0.25, 0.3) is 0 Å². The van der Waals surface area contributed by atoms with E-state index in [0.29, 0.717) is 24.1 Å². The minimum absolute atomic E-state index is 0.135. The van der Waals surface area contributed by atoms with E-state index in [4.69, 9.17) is 4.74 Å². The minimum atomic E-state index is -1.02. The first-order valence-corrected chi connectivity index (χ1v) is 10.5. The third-order valence-corrected chi connectivity index (χ3v) is 6.15. The molecule has 3 aliphatic rings. The van der Waals surface area contributed by atoms with E-state index < -0.39 is 34.9 Å². The maximum Gasteiger partial charge on any atom is 0.410 e. The molecule has 2 fully saturated rings. The molecule has 2 saturated heterocycles. The molecule has 31 heavy (non-hydrogen) atoms. The fraction of sp³-hybridized carbons (Fsp3) is 0.545. The molecule has 4 amide bonds. The predicted octanol–water partition coefficient (Wildman–Crippen LogP) is 2.25. The smallest absolute Gasteiger partial charge is 0.410 e. The zero-order valence-electron chi connectivity index (χ0n) is 17.9. The highest BCUT2D eigenvalue weighted by atomic mass is 19.1. The molecule has 0 aliphatic carbocycles. The maximum atomic E-state index is 14.2. The Hall–Kier alpha value is -2.97. The van der Waals surface area contributed by atoms with E-state index in [2.05, 4.69) is 5.32 Å². The lowest BCUT2D eigenvalue weighted by molar-refractivity contribution is -0.136. The Labute approximate surface area is 179 Å². The number of amides is 4. The molecular weight excluding hydrogens is 405 g/mol. The van der Waals surface area contributed by atoms with Crippen molar-refractivity contribution in [3.8, 4) is 0 Å². The number of likely N-dealkylation sites (tertiary alicyclic amines) is 1. The molecule has 1 aromatic rings. The number of carbonyl (C=O) groups is 4. The minimum Gasteiger partial charge on any atom is -0.444 e. The molecule has 8 nitrogen and oxygen atoms in total. The average Bonchev–Trinajstić information content (AvgIpc) is 2.90. The molecule has 0 saturated carbocycles. The van der Waals surface area contributed by atoms with Crippen LogP contribution >= 0.6 is 0 Å². The van der Waals surface area contributed by atoms with Crippen LogP contribution < -0.4 is 10.2 Å². The summed E-state index contributed by atoms with van der Waals surface area (Å²) in [5, 5.41) is 2.29. The van der Waals surface area contributed by atoms with Crippen molar-refractivity contribution < 1.29 is 28.3 Å². The fourth-order valence-corrected chi connectivity index (χ4v) is 4.68. The van der Waals surface area contributed by atoms with E-state index in [1.54, 1.807) is 25.7 Å². The number of rotatable bonds is 1. The predicted molar refractivity (Wildman–Crippen MR) is 109 cm³/mol. The third-order valence-electron chi connectivity index (χ3n) is 6.15. The number of imide groups is 1. The number of benzene rings is 1. The number of fused-ring (bicyclic) bond motifs is 2. The van der Waals surface area contributed by atoms with Crippen molar-refractivity contribution >= 4 is 29.5 Å². The number of halogens is 1. The molecule has 1 unspecified atom stereocenters. The second-order valence-corrected chi connectivity index (χ2v) is 9.35. The summed E-state index contributed by atoms with van der Waals surface area (Å²) < 4.78 is 19.6. The van der Waals surface area contributed by atoms with Gasteiger partial charge in [0.2, 0.25) is 17.7 Å². The van der Waals surface area contributed by atoms with Crippen LogP contribution in [0.1, 0.15) is 52.0 Å². The Kier molecular flexibility index (Phi) is 5.02. The number of nitrogens with one attached hydrogen (secondary N) is 1. The van der Waals surface area contributed by atoms with Gasteiger partial charge in [0, 0.05) is 25.2 Å². The Morgan fingerprint density at radius 1 is 1.19 bits per heavy atom. The number of hydrogen-bond acceptors (Lipinski definition) is 5. The van der Waals surface area contributed by atoms with E-state index in [9.17, 15) is 23.6 Å². The first-order chi connectivity index (χ1) is 14.5. The molecule has 1 spiro atoms. The summed E-state index contributed by atoms with van der Waals surface area (Å²) in [5.41, 5.74) is -0.622. The van der Waals surface area contributed by atoms with Gasteiger partial charge in [-0.05, 0) is 63.8 Å². The van der Waals surface area contributed by atoms with Crippen molar-refractivity contribution in [2.24, 2.45) is 0 Å². The number of piperidine rings is 2. The van der Waals surface area contributed by atoms with Crippen LogP contribution in [0.4, 0.5) is 14.9 Å². The summed E-state index contributed by atoms with van der Waals surface area (Å²) in [7, 11) is 0. The average molecular weight is 431 g/mol. The molecule has 9 heteroatoms. The van der Waals surface area contributed by atoms with Gasteiger partial charge in [-0.25, -0.2) is 9.18 Å². The standard InChI is InChI=1S/C22H26FN3O5/c1-21(2,3)31-20(30)25-10-8-22(9-11-25)14-12-13(23)4-5-15(14)26(19(22)29)16-6-7-17(27)24-18(16)28/h4-5,12,16H,6-11H2,1-3H3,(H,24,27,28). The lowest BCUT2D eigenvalue weighted by atomic mass is 9.73. The lowest BCUT2D eigenvalue weighted by Crippen LogP contribution is -2.57. The molecule has 1 atom stereocenters. The Morgan fingerprint density at radius 3 is 2.48 bits per heavy atom. The highest BCUT2D eigenvalue weighted by Gasteiger charge is 2.55. The molecule has 0 bridgehead atoms. The molecule has 1 N–H and O–H groups in total.